The van der Waals surface area contributed by atoms with Crippen LogP contribution in [0.5, 0.6) is 5.75 Å². The Labute approximate surface area is 152 Å². The highest BCUT2D eigenvalue weighted by Gasteiger charge is 2.13. The van der Waals surface area contributed by atoms with Crippen molar-refractivity contribution in [2.75, 3.05) is 6.61 Å². The molecule has 0 bridgehead atoms. The molecule has 1 aromatic rings. The lowest BCUT2D eigenvalue weighted by Gasteiger charge is -2.09. The highest BCUT2D eigenvalue weighted by atomic mass is 17.1. The molecule has 25 heavy (non-hydrogen) atoms. The predicted molar refractivity (Wildman–Crippen MR) is 101 cm³/mol. The molecule has 0 aliphatic rings. The molecule has 142 valence electrons. The lowest BCUT2D eigenvalue weighted by atomic mass is 10.1. The zero-order valence-electron chi connectivity index (χ0n) is 15.7. The number of hydrogen-bond donors (Lipinski definition) is 1. The number of hydrogen-bond acceptors (Lipinski definition) is 4. The maximum absolute atomic E-state index is 11.4. The van der Waals surface area contributed by atoms with Crippen molar-refractivity contribution in [2.45, 2.75) is 84.0 Å². The number of rotatable bonds is 15. The van der Waals surface area contributed by atoms with Gasteiger partial charge in [0.15, 0.2) is 0 Å². The second-order valence-corrected chi connectivity index (χ2v) is 6.61. The van der Waals surface area contributed by atoms with E-state index in [1.54, 1.807) is 24.3 Å². The zero-order chi connectivity index (χ0) is 18.2. The number of ether oxygens (including phenoxy) is 1. The van der Waals surface area contributed by atoms with Crippen LogP contribution in [0.3, 0.4) is 0 Å². The van der Waals surface area contributed by atoms with Gasteiger partial charge < -0.3 is 4.74 Å². The van der Waals surface area contributed by atoms with Crippen molar-refractivity contribution in [3.63, 3.8) is 0 Å². The van der Waals surface area contributed by atoms with Gasteiger partial charge >= 0.3 is 5.97 Å². The number of carbonyl (C=O) groups excluding carboxylic acids is 1. The fourth-order valence-electron chi connectivity index (χ4n) is 2.94. The van der Waals surface area contributed by atoms with Crippen LogP contribution in [-0.4, -0.2) is 17.8 Å². The lowest BCUT2D eigenvalue weighted by Crippen LogP contribution is -2.06. The van der Waals surface area contributed by atoms with Crippen molar-refractivity contribution < 1.29 is 19.7 Å². The van der Waals surface area contributed by atoms with E-state index in [-0.39, 0.29) is 5.56 Å². The molecule has 0 aliphatic carbocycles. The van der Waals surface area contributed by atoms with E-state index in [0.29, 0.717) is 12.4 Å². The normalized spacial score (nSPS) is 10.6. The van der Waals surface area contributed by atoms with Gasteiger partial charge in [-0.05, 0) is 18.6 Å². The summed E-state index contributed by atoms with van der Waals surface area (Å²) >= 11 is 0. The van der Waals surface area contributed by atoms with Crippen molar-refractivity contribution in [2.24, 2.45) is 0 Å². The number of unbranched alkanes of at least 4 members (excludes halogenated alkanes) is 11. The molecule has 0 aliphatic heterocycles. The highest BCUT2D eigenvalue weighted by Crippen LogP contribution is 2.19. The Morgan fingerprint density at radius 3 is 1.92 bits per heavy atom. The molecule has 0 fully saturated rings. The minimum Gasteiger partial charge on any atom is -0.493 e. The summed E-state index contributed by atoms with van der Waals surface area (Å²) in [6, 6.07) is 6.80. The Balaban J connectivity index is 1.98. The van der Waals surface area contributed by atoms with Crippen LogP contribution >= 0.6 is 0 Å². The van der Waals surface area contributed by atoms with Gasteiger partial charge in [-0.25, -0.2) is 4.79 Å². The van der Waals surface area contributed by atoms with Gasteiger partial charge in [0.25, 0.3) is 0 Å². The predicted octanol–water partition coefficient (Wildman–Crippen LogP) is 6.40. The van der Waals surface area contributed by atoms with Gasteiger partial charge in [-0.3, -0.25) is 4.89 Å². The van der Waals surface area contributed by atoms with Gasteiger partial charge in [0.1, 0.15) is 11.3 Å². The Bertz CT molecular complexity index is 459. The Morgan fingerprint density at radius 1 is 0.840 bits per heavy atom. The minimum absolute atomic E-state index is 0.254. The Hall–Kier alpha value is -1.55. The van der Waals surface area contributed by atoms with E-state index in [1.807, 2.05) is 0 Å². The topological polar surface area (TPSA) is 55.8 Å². The van der Waals surface area contributed by atoms with E-state index in [9.17, 15) is 4.79 Å². The first-order valence-electron chi connectivity index (χ1n) is 9.87. The fourth-order valence-corrected chi connectivity index (χ4v) is 2.94. The molecule has 0 atom stereocenters. The summed E-state index contributed by atoms with van der Waals surface area (Å²) < 4.78 is 5.64. The molecule has 0 radical (unpaired) electrons. The van der Waals surface area contributed by atoms with Crippen molar-refractivity contribution in [1.82, 2.24) is 0 Å². The molecular formula is C21H34O4. The zero-order valence-corrected chi connectivity index (χ0v) is 15.7. The Kier molecular flexibility index (Phi) is 12.7. The van der Waals surface area contributed by atoms with Crippen molar-refractivity contribution in [3.8, 4) is 5.75 Å². The number of benzene rings is 1. The average Bonchev–Trinajstić information content (AvgIpc) is 2.65. The molecule has 4 nitrogen and oxygen atoms in total. The van der Waals surface area contributed by atoms with E-state index in [0.717, 1.165) is 12.8 Å². The van der Waals surface area contributed by atoms with Crippen LogP contribution < -0.4 is 4.74 Å². The van der Waals surface area contributed by atoms with Crippen molar-refractivity contribution >= 4 is 5.97 Å². The molecule has 1 N–H and O–H groups in total. The first-order valence-corrected chi connectivity index (χ1v) is 9.87. The van der Waals surface area contributed by atoms with E-state index < -0.39 is 5.97 Å². The first-order chi connectivity index (χ1) is 12.3. The average molecular weight is 350 g/mol. The van der Waals surface area contributed by atoms with Crippen LogP contribution in [0.25, 0.3) is 0 Å². The smallest absolute Gasteiger partial charge is 0.376 e. The van der Waals surface area contributed by atoms with E-state index in [1.165, 1.54) is 64.2 Å². The molecule has 0 spiro atoms. The van der Waals surface area contributed by atoms with E-state index >= 15 is 0 Å². The molecule has 1 aromatic carbocycles. The molecule has 0 saturated carbocycles. The third-order valence-corrected chi connectivity index (χ3v) is 4.45. The van der Waals surface area contributed by atoms with Gasteiger partial charge in [-0.2, -0.15) is 5.26 Å². The molecule has 0 heterocycles. The summed E-state index contributed by atoms with van der Waals surface area (Å²) in [5.41, 5.74) is 0.254. The van der Waals surface area contributed by atoms with Gasteiger partial charge in [0, 0.05) is 0 Å². The van der Waals surface area contributed by atoms with Gasteiger partial charge in [-0.15, -0.1) is 0 Å². The molecule has 0 amide bonds. The van der Waals surface area contributed by atoms with Crippen LogP contribution in [0.2, 0.25) is 0 Å². The molecule has 0 unspecified atom stereocenters. The molecule has 1 rings (SSSR count). The summed E-state index contributed by atoms with van der Waals surface area (Å²) in [7, 11) is 0. The van der Waals surface area contributed by atoms with Crippen LogP contribution in [0.4, 0.5) is 0 Å². The quantitative estimate of drug-likeness (QED) is 0.226. The minimum atomic E-state index is -0.787. The fraction of sp³-hybridized carbons (Fsp3) is 0.667. The number of carbonyl (C=O) groups is 1. The Morgan fingerprint density at radius 2 is 1.36 bits per heavy atom. The van der Waals surface area contributed by atoms with E-state index in [4.69, 9.17) is 9.99 Å². The van der Waals surface area contributed by atoms with Crippen LogP contribution in [-0.2, 0) is 4.89 Å². The highest BCUT2D eigenvalue weighted by molar-refractivity contribution is 5.91. The third kappa shape index (κ3) is 10.1. The summed E-state index contributed by atoms with van der Waals surface area (Å²) in [5, 5.41) is 8.49. The summed E-state index contributed by atoms with van der Waals surface area (Å²) in [6.07, 6.45) is 15.6. The van der Waals surface area contributed by atoms with Crippen molar-refractivity contribution in [3.05, 3.63) is 29.8 Å². The lowest BCUT2D eigenvalue weighted by molar-refractivity contribution is -0.183. The summed E-state index contributed by atoms with van der Waals surface area (Å²) in [4.78, 5) is 15.2. The van der Waals surface area contributed by atoms with Crippen LogP contribution in [0.1, 0.15) is 94.3 Å². The monoisotopic (exact) mass is 350 g/mol. The van der Waals surface area contributed by atoms with Crippen molar-refractivity contribution in [1.29, 1.82) is 0 Å². The molecular weight excluding hydrogens is 316 g/mol. The van der Waals surface area contributed by atoms with Gasteiger partial charge in [0.2, 0.25) is 0 Å². The SMILES string of the molecule is CCCCCCCCCCCCCCOc1ccccc1C(=O)OO. The van der Waals surface area contributed by atoms with Crippen LogP contribution in [0, 0.1) is 0 Å². The number of para-hydroxylation sites is 1. The molecule has 0 saturated heterocycles. The summed E-state index contributed by atoms with van der Waals surface area (Å²) in [5.74, 6) is -0.324. The standard InChI is InChI=1S/C21H34O4/c1-2-3-4-5-6-7-8-9-10-11-12-15-18-24-20-17-14-13-16-19(20)21(22)25-23/h13-14,16-17,23H,2-12,15,18H2,1H3. The second kappa shape index (κ2) is 14.8. The molecule has 4 heteroatoms. The first kappa shape index (κ1) is 21.5. The maximum atomic E-state index is 11.4. The van der Waals surface area contributed by atoms with E-state index in [2.05, 4.69) is 11.8 Å². The van der Waals surface area contributed by atoms with Gasteiger partial charge in [-0.1, -0.05) is 89.7 Å². The van der Waals surface area contributed by atoms with Crippen LogP contribution in [0.15, 0.2) is 24.3 Å². The largest absolute Gasteiger partial charge is 0.493 e. The molecule has 0 aromatic heterocycles. The summed E-state index contributed by atoms with van der Waals surface area (Å²) in [6.45, 7) is 2.83. The van der Waals surface area contributed by atoms with Gasteiger partial charge in [0.05, 0.1) is 6.61 Å². The third-order valence-electron chi connectivity index (χ3n) is 4.45. The maximum Gasteiger partial charge on any atom is 0.376 e. The second-order valence-electron chi connectivity index (χ2n) is 6.61.